The Hall–Kier alpha value is -0.610. The van der Waals surface area contributed by atoms with E-state index < -0.39 is 0 Å². The maximum absolute atomic E-state index is 5.21. The number of hydrogen-bond donors (Lipinski definition) is 1. The molecular formula is C10H15BrN2O. The van der Waals surface area contributed by atoms with Crippen LogP contribution in [0.25, 0.3) is 0 Å². The number of pyridine rings is 1. The molecule has 0 bridgehead atoms. The minimum atomic E-state index is 0.167. The summed E-state index contributed by atoms with van der Waals surface area (Å²) in [7, 11) is 1.71. The molecule has 0 saturated carbocycles. The minimum Gasteiger partial charge on any atom is -0.380 e. The average Bonchev–Trinajstić information content (AvgIpc) is 2.20. The van der Waals surface area contributed by atoms with Crippen molar-refractivity contribution >= 4 is 21.7 Å². The smallest absolute Gasteiger partial charge is 0.126 e. The zero-order valence-electron chi connectivity index (χ0n) is 8.62. The number of anilines is 1. The largest absolute Gasteiger partial charge is 0.380 e. The SMILES string of the molecule is COC(C)[C@H](C)Nc1ccc(Br)cn1. The molecule has 0 aromatic carbocycles. The molecule has 1 heterocycles. The van der Waals surface area contributed by atoms with Gasteiger partial charge in [0, 0.05) is 17.8 Å². The van der Waals surface area contributed by atoms with Gasteiger partial charge in [-0.1, -0.05) is 0 Å². The van der Waals surface area contributed by atoms with Gasteiger partial charge in [-0.2, -0.15) is 0 Å². The summed E-state index contributed by atoms with van der Waals surface area (Å²) in [5.74, 6) is 0.865. The van der Waals surface area contributed by atoms with Gasteiger partial charge in [0.1, 0.15) is 5.82 Å². The number of halogens is 1. The molecule has 0 amide bonds. The molecule has 0 saturated heterocycles. The molecule has 3 nitrogen and oxygen atoms in total. The predicted octanol–water partition coefficient (Wildman–Crippen LogP) is 2.68. The van der Waals surface area contributed by atoms with Crippen molar-refractivity contribution < 1.29 is 4.74 Å². The molecule has 1 unspecified atom stereocenters. The monoisotopic (exact) mass is 258 g/mol. The molecule has 4 heteroatoms. The molecule has 2 atom stereocenters. The number of rotatable bonds is 4. The molecule has 0 aliphatic rings. The second-order valence-electron chi connectivity index (χ2n) is 3.24. The first kappa shape index (κ1) is 11.5. The molecule has 0 radical (unpaired) electrons. The third-order valence-electron chi connectivity index (χ3n) is 2.18. The van der Waals surface area contributed by atoms with Crippen LogP contribution >= 0.6 is 15.9 Å². The van der Waals surface area contributed by atoms with Crippen LogP contribution in [0.4, 0.5) is 5.82 Å². The summed E-state index contributed by atoms with van der Waals surface area (Å²) >= 11 is 3.34. The number of aromatic nitrogens is 1. The van der Waals surface area contributed by atoms with E-state index in [1.54, 1.807) is 13.3 Å². The number of nitrogens with one attached hydrogen (secondary N) is 1. The average molecular weight is 259 g/mol. The van der Waals surface area contributed by atoms with E-state index in [1.807, 2.05) is 19.1 Å². The van der Waals surface area contributed by atoms with E-state index in [4.69, 9.17) is 4.74 Å². The van der Waals surface area contributed by atoms with Crippen LogP contribution in [0, 0.1) is 0 Å². The normalized spacial score (nSPS) is 14.9. The Morgan fingerprint density at radius 1 is 1.43 bits per heavy atom. The summed E-state index contributed by atoms with van der Waals surface area (Å²) in [5, 5.41) is 3.26. The van der Waals surface area contributed by atoms with Crippen LogP contribution in [0.3, 0.4) is 0 Å². The Morgan fingerprint density at radius 3 is 2.64 bits per heavy atom. The Morgan fingerprint density at radius 2 is 2.14 bits per heavy atom. The van der Waals surface area contributed by atoms with Crippen LogP contribution < -0.4 is 5.32 Å². The van der Waals surface area contributed by atoms with E-state index in [0.29, 0.717) is 0 Å². The zero-order chi connectivity index (χ0) is 10.6. The minimum absolute atomic E-state index is 0.167. The lowest BCUT2D eigenvalue weighted by Gasteiger charge is -2.20. The molecule has 0 aliphatic carbocycles. The summed E-state index contributed by atoms with van der Waals surface area (Å²) in [5.41, 5.74) is 0. The second kappa shape index (κ2) is 5.32. The summed E-state index contributed by atoms with van der Waals surface area (Å²) in [6.07, 6.45) is 1.94. The van der Waals surface area contributed by atoms with E-state index in [2.05, 4.69) is 33.2 Å². The van der Waals surface area contributed by atoms with E-state index in [9.17, 15) is 0 Å². The quantitative estimate of drug-likeness (QED) is 0.902. The Bertz CT molecular complexity index is 276. The number of ether oxygens (including phenoxy) is 1. The van der Waals surface area contributed by atoms with Gasteiger partial charge in [-0.05, 0) is 41.9 Å². The maximum atomic E-state index is 5.21. The Kier molecular flexibility index (Phi) is 4.35. The summed E-state index contributed by atoms with van der Waals surface area (Å²) in [6, 6.07) is 4.14. The maximum Gasteiger partial charge on any atom is 0.126 e. The van der Waals surface area contributed by atoms with Crippen molar-refractivity contribution in [3.63, 3.8) is 0 Å². The van der Waals surface area contributed by atoms with Gasteiger partial charge < -0.3 is 10.1 Å². The molecule has 0 spiro atoms. The zero-order valence-corrected chi connectivity index (χ0v) is 10.2. The molecule has 1 aromatic rings. The highest BCUT2D eigenvalue weighted by atomic mass is 79.9. The molecule has 14 heavy (non-hydrogen) atoms. The number of nitrogens with zero attached hydrogens (tertiary/aromatic N) is 1. The first-order valence-corrected chi connectivity index (χ1v) is 5.33. The van der Waals surface area contributed by atoms with Crippen LogP contribution in [0.5, 0.6) is 0 Å². The highest BCUT2D eigenvalue weighted by Gasteiger charge is 2.10. The molecule has 1 N–H and O–H groups in total. The third kappa shape index (κ3) is 3.27. The number of methoxy groups -OCH3 is 1. The fourth-order valence-corrected chi connectivity index (χ4v) is 1.25. The molecule has 1 aromatic heterocycles. The van der Waals surface area contributed by atoms with Gasteiger partial charge in [0.15, 0.2) is 0 Å². The van der Waals surface area contributed by atoms with Crippen LogP contribution in [0.2, 0.25) is 0 Å². The van der Waals surface area contributed by atoms with E-state index in [-0.39, 0.29) is 12.1 Å². The van der Waals surface area contributed by atoms with Gasteiger partial charge in [0.25, 0.3) is 0 Å². The molecule has 0 fully saturated rings. The highest BCUT2D eigenvalue weighted by molar-refractivity contribution is 9.10. The van der Waals surface area contributed by atoms with E-state index >= 15 is 0 Å². The van der Waals surface area contributed by atoms with Crippen molar-refractivity contribution in [3.05, 3.63) is 22.8 Å². The second-order valence-corrected chi connectivity index (χ2v) is 4.15. The van der Waals surface area contributed by atoms with Gasteiger partial charge >= 0.3 is 0 Å². The van der Waals surface area contributed by atoms with Gasteiger partial charge in [-0.3, -0.25) is 0 Å². The Labute approximate surface area is 93.0 Å². The van der Waals surface area contributed by atoms with Crippen molar-refractivity contribution in [2.45, 2.75) is 26.0 Å². The lowest BCUT2D eigenvalue weighted by Crippen LogP contribution is -2.29. The topological polar surface area (TPSA) is 34.1 Å². The van der Waals surface area contributed by atoms with Crippen molar-refractivity contribution in [1.82, 2.24) is 4.98 Å². The first-order chi connectivity index (χ1) is 6.63. The van der Waals surface area contributed by atoms with Crippen molar-refractivity contribution in [3.8, 4) is 0 Å². The fourth-order valence-electron chi connectivity index (χ4n) is 1.02. The standard InChI is InChI=1S/C10H15BrN2O/c1-7(8(2)14-3)13-10-5-4-9(11)6-12-10/h4-8H,1-3H3,(H,12,13)/t7-,8?/m0/s1. The van der Waals surface area contributed by atoms with Crippen molar-refractivity contribution in [2.24, 2.45) is 0 Å². The molecular weight excluding hydrogens is 244 g/mol. The summed E-state index contributed by atoms with van der Waals surface area (Å²) in [4.78, 5) is 4.22. The third-order valence-corrected chi connectivity index (χ3v) is 2.65. The number of hydrogen-bond acceptors (Lipinski definition) is 3. The van der Waals surface area contributed by atoms with E-state index in [1.165, 1.54) is 0 Å². The van der Waals surface area contributed by atoms with Gasteiger partial charge in [-0.15, -0.1) is 0 Å². The van der Waals surface area contributed by atoms with Crippen LogP contribution in [0.15, 0.2) is 22.8 Å². The van der Waals surface area contributed by atoms with Crippen LogP contribution in [-0.4, -0.2) is 24.2 Å². The van der Waals surface area contributed by atoms with E-state index in [0.717, 1.165) is 10.3 Å². The Balaban J connectivity index is 2.56. The van der Waals surface area contributed by atoms with Gasteiger partial charge in [0.2, 0.25) is 0 Å². The fraction of sp³-hybridized carbons (Fsp3) is 0.500. The summed E-state index contributed by atoms with van der Waals surface area (Å²) < 4.78 is 6.19. The van der Waals surface area contributed by atoms with Crippen molar-refractivity contribution in [1.29, 1.82) is 0 Å². The molecule has 0 aliphatic heterocycles. The van der Waals surface area contributed by atoms with Gasteiger partial charge in [-0.25, -0.2) is 4.98 Å². The van der Waals surface area contributed by atoms with Gasteiger partial charge in [0.05, 0.1) is 12.1 Å². The van der Waals surface area contributed by atoms with Crippen molar-refractivity contribution in [2.75, 3.05) is 12.4 Å². The summed E-state index contributed by atoms with van der Waals surface area (Å²) in [6.45, 7) is 4.09. The highest BCUT2D eigenvalue weighted by Crippen LogP contribution is 2.12. The lowest BCUT2D eigenvalue weighted by atomic mass is 10.2. The lowest BCUT2D eigenvalue weighted by molar-refractivity contribution is 0.106. The molecule has 1 rings (SSSR count). The molecule has 78 valence electrons. The van der Waals surface area contributed by atoms with Crippen LogP contribution in [-0.2, 0) is 4.74 Å². The predicted molar refractivity (Wildman–Crippen MR) is 61.5 cm³/mol. The van der Waals surface area contributed by atoms with Crippen LogP contribution in [0.1, 0.15) is 13.8 Å². The first-order valence-electron chi connectivity index (χ1n) is 4.54.